The van der Waals surface area contributed by atoms with Gasteiger partial charge in [-0.3, -0.25) is 14.5 Å². The van der Waals surface area contributed by atoms with Crippen LogP contribution < -0.4 is 10.1 Å². The third-order valence-electron chi connectivity index (χ3n) is 6.36. The minimum atomic E-state index is -0.0131. The molecule has 2 aliphatic heterocycles. The molecule has 172 valence electrons. The molecule has 0 radical (unpaired) electrons. The lowest BCUT2D eigenvalue weighted by molar-refractivity contribution is -0.131. The predicted octanol–water partition coefficient (Wildman–Crippen LogP) is 2.22. The van der Waals surface area contributed by atoms with E-state index in [4.69, 9.17) is 4.74 Å². The molecule has 1 aromatic carbocycles. The average Bonchev–Trinajstić information content (AvgIpc) is 2.81. The monoisotopic (exact) mass is 430 g/mol. The van der Waals surface area contributed by atoms with E-state index in [0.29, 0.717) is 37.7 Å². The molecular formula is C24H38N4O3. The Morgan fingerprint density at radius 2 is 1.84 bits per heavy atom. The first kappa shape index (κ1) is 23.5. The van der Waals surface area contributed by atoms with Gasteiger partial charge < -0.3 is 19.9 Å². The highest BCUT2D eigenvalue weighted by atomic mass is 16.5. The lowest BCUT2D eigenvalue weighted by atomic mass is 10.0. The van der Waals surface area contributed by atoms with E-state index in [0.717, 1.165) is 45.0 Å². The molecule has 7 nitrogen and oxygen atoms in total. The summed E-state index contributed by atoms with van der Waals surface area (Å²) in [5, 5.41) is 3.27. The van der Waals surface area contributed by atoms with Crippen LogP contribution in [-0.4, -0.2) is 91.5 Å². The lowest BCUT2D eigenvalue weighted by Crippen LogP contribution is -2.48. The van der Waals surface area contributed by atoms with Gasteiger partial charge in [0.15, 0.2) is 0 Å². The van der Waals surface area contributed by atoms with Crippen LogP contribution in [0.5, 0.6) is 5.75 Å². The summed E-state index contributed by atoms with van der Waals surface area (Å²) < 4.78 is 5.50. The van der Waals surface area contributed by atoms with Gasteiger partial charge in [0.05, 0.1) is 6.61 Å². The van der Waals surface area contributed by atoms with Crippen LogP contribution in [0.1, 0.15) is 49.9 Å². The van der Waals surface area contributed by atoms with Crippen molar-refractivity contribution in [2.45, 2.75) is 45.6 Å². The number of benzene rings is 1. The van der Waals surface area contributed by atoms with Crippen molar-refractivity contribution in [3.8, 4) is 5.75 Å². The maximum atomic E-state index is 13.3. The highest BCUT2D eigenvalue weighted by Crippen LogP contribution is 2.17. The third kappa shape index (κ3) is 6.94. The Morgan fingerprint density at radius 1 is 1.10 bits per heavy atom. The van der Waals surface area contributed by atoms with Gasteiger partial charge in [0, 0.05) is 63.8 Å². The molecule has 0 unspecified atom stereocenters. The van der Waals surface area contributed by atoms with Gasteiger partial charge in [0.25, 0.3) is 5.91 Å². The number of nitrogens with one attached hydrogen (secondary N) is 1. The van der Waals surface area contributed by atoms with Gasteiger partial charge in [-0.25, -0.2) is 0 Å². The fourth-order valence-electron chi connectivity index (χ4n) is 4.40. The van der Waals surface area contributed by atoms with Crippen LogP contribution in [0.15, 0.2) is 24.3 Å². The average molecular weight is 431 g/mol. The molecule has 2 fully saturated rings. The second-order valence-electron chi connectivity index (χ2n) is 8.51. The maximum Gasteiger partial charge on any atom is 0.253 e. The van der Waals surface area contributed by atoms with Gasteiger partial charge in [-0.1, -0.05) is 6.42 Å². The Labute approximate surface area is 186 Å². The summed E-state index contributed by atoms with van der Waals surface area (Å²) in [5.41, 5.74) is 0.643. The van der Waals surface area contributed by atoms with Crippen molar-refractivity contribution < 1.29 is 14.3 Å². The standard InChI is InChI=1S/C24H38N4O3/c1-3-31-22-9-7-21(8-10-22)24(30)28(19-18-26-14-5-4-6-20(26)2)15-11-23(29)27-16-12-25-13-17-27/h7-10,20,25H,3-6,11-19H2,1-2H3/t20-/m0/s1. The van der Waals surface area contributed by atoms with Gasteiger partial charge in [0.1, 0.15) is 5.75 Å². The summed E-state index contributed by atoms with van der Waals surface area (Å²) in [6, 6.07) is 7.88. The first-order valence-corrected chi connectivity index (χ1v) is 11.8. The van der Waals surface area contributed by atoms with Crippen LogP contribution in [-0.2, 0) is 4.79 Å². The summed E-state index contributed by atoms with van der Waals surface area (Å²) in [6.45, 7) is 11.0. The minimum Gasteiger partial charge on any atom is -0.494 e. The van der Waals surface area contributed by atoms with Crippen molar-refractivity contribution in [3.63, 3.8) is 0 Å². The van der Waals surface area contributed by atoms with Crippen LogP contribution in [0, 0.1) is 0 Å². The molecule has 1 N–H and O–H groups in total. The SMILES string of the molecule is CCOc1ccc(C(=O)N(CCC(=O)N2CCNCC2)CCN2CCCC[C@@H]2C)cc1. The van der Waals surface area contributed by atoms with E-state index in [1.165, 1.54) is 19.3 Å². The topological polar surface area (TPSA) is 65.1 Å². The van der Waals surface area contributed by atoms with Crippen LogP contribution >= 0.6 is 0 Å². The fourth-order valence-corrected chi connectivity index (χ4v) is 4.40. The van der Waals surface area contributed by atoms with Gasteiger partial charge in [-0.15, -0.1) is 0 Å². The quantitative estimate of drug-likeness (QED) is 0.651. The molecule has 1 atom stereocenters. The zero-order valence-corrected chi connectivity index (χ0v) is 19.1. The molecule has 0 aromatic heterocycles. The summed E-state index contributed by atoms with van der Waals surface area (Å²) in [5.74, 6) is 0.889. The summed E-state index contributed by atoms with van der Waals surface area (Å²) in [7, 11) is 0. The molecule has 3 rings (SSSR count). The number of ether oxygens (including phenoxy) is 1. The molecule has 2 heterocycles. The van der Waals surface area contributed by atoms with Gasteiger partial charge in [-0.05, 0) is 57.5 Å². The molecule has 0 spiro atoms. The van der Waals surface area contributed by atoms with Crippen LogP contribution in [0.3, 0.4) is 0 Å². The maximum absolute atomic E-state index is 13.3. The van der Waals surface area contributed by atoms with E-state index in [9.17, 15) is 9.59 Å². The zero-order valence-electron chi connectivity index (χ0n) is 19.1. The molecule has 0 bridgehead atoms. The molecule has 1 aromatic rings. The molecular weight excluding hydrogens is 392 g/mol. The minimum absolute atomic E-state index is 0.0131. The first-order valence-electron chi connectivity index (χ1n) is 11.8. The molecule has 2 aliphatic rings. The molecule has 0 saturated carbocycles. The second kappa shape index (κ2) is 12.1. The van der Waals surface area contributed by atoms with Gasteiger partial charge in [-0.2, -0.15) is 0 Å². The highest BCUT2D eigenvalue weighted by molar-refractivity contribution is 5.94. The normalized spacial score (nSPS) is 19.8. The number of nitrogens with zero attached hydrogens (tertiary/aromatic N) is 3. The Morgan fingerprint density at radius 3 is 2.52 bits per heavy atom. The van der Waals surface area contributed by atoms with E-state index >= 15 is 0 Å². The van der Waals surface area contributed by atoms with Crippen molar-refractivity contribution in [1.29, 1.82) is 0 Å². The van der Waals surface area contributed by atoms with E-state index in [2.05, 4.69) is 17.1 Å². The number of carbonyl (C=O) groups is 2. The van der Waals surface area contributed by atoms with E-state index in [1.54, 1.807) is 0 Å². The lowest BCUT2D eigenvalue weighted by Gasteiger charge is -2.35. The number of piperazine rings is 1. The molecule has 2 saturated heterocycles. The summed E-state index contributed by atoms with van der Waals surface area (Å²) in [4.78, 5) is 32.2. The first-order chi connectivity index (χ1) is 15.1. The number of amides is 2. The summed E-state index contributed by atoms with van der Waals surface area (Å²) >= 11 is 0. The third-order valence-corrected chi connectivity index (χ3v) is 6.36. The Bertz CT molecular complexity index is 703. The number of rotatable bonds is 9. The van der Waals surface area contributed by atoms with Gasteiger partial charge >= 0.3 is 0 Å². The smallest absolute Gasteiger partial charge is 0.253 e. The van der Waals surface area contributed by atoms with Crippen LogP contribution in [0.25, 0.3) is 0 Å². The predicted molar refractivity (Wildman–Crippen MR) is 122 cm³/mol. The number of hydrogen-bond acceptors (Lipinski definition) is 5. The van der Waals surface area contributed by atoms with Crippen molar-refractivity contribution >= 4 is 11.8 Å². The number of carbonyl (C=O) groups excluding carboxylic acids is 2. The highest BCUT2D eigenvalue weighted by Gasteiger charge is 2.23. The Hall–Kier alpha value is -2.12. The molecule has 0 aliphatic carbocycles. The van der Waals surface area contributed by atoms with Crippen molar-refractivity contribution in [2.24, 2.45) is 0 Å². The Balaban J connectivity index is 1.63. The van der Waals surface area contributed by atoms with Crippen molar-refractivity contribution in [1.82, 2.24) is 20.0 Å². The summed E-state index contributed by atoms with van der Waals surface area (Å²) in [6.07, 6.45) is 4.09. The van der Waals surface area contributed by atoms with E-state index < -0.39 is 0 Å². The van der Waals surface area contributed by atoms with Crippen LogP contribution in [0.4, 0.5) is 0 Å². The zero-order chi connectivity index (χ0) is 22.1. The second-order valence-corrected chi connectivity index (χ2v) is 8.51. The van der Waals surface area contributed by atoms with E-state index in [1.807, 2.05) is 41.0 Å². The largest absolute Gasteiger partial charge is 0.494 e. The Kier molecular flexibility index (Phi) is 9.15. The molecule has 31 heavy (non-hydrogen) atoms. The molecule has 2 amide bonds. The number of likely N-dealkylation sites (tertiary alicyclic amines) is 1. The molecule has 7 heteroatoms. The number of hydrogen-bond donors (Lipinski definition) is 1. The number of piperidine rings is 1. The van der Waals surface area contributed by atoms with Crippen molar-refractivity contribution in [2.75, 3.05) is 59.0 Å². The van der Waals surface area contributed by atoms with Crippen LogP contribution in [0.2, 0.25) is 0 Å². The van der Waals surface area contributed by atoms with E-state index in [-0.39, 0.29) is 11.8 Å². The van der Waals surface area contributed by atoms with Crippen molar-refractivity contribution in [3.05, 3.63) is 29.8 Å². The van der Waals surface area contributed by atoms with Gasteiger partial charge in [0.2, 0.25) is 5.91 Å². The fraction of sp³-hybridized carbons (Fsp3) is 0.667.